The number of ether oxygens (including phenoxy) is 2. The molecule has 3 aromatic rings. The number of hydrogen-bond donors (Lipinski definition) is 0. The van der Waals surface area contributed by atoms with Crippen molar-refractivity contribution in [2.45, 2.75) is 0 Å². The third kappa shape index (κ3) is 4.18. The first-order chi connectivity index (χ1) is 13.3. The van der Waals surface area contributed by atoms with Crippen molar-refractivity contribution >= 4 is 11.5 Å². The number of morpholine rings is 1. The second-order valence-corrected chi connectivity index (χ2v) is 6.41. The number of carbonyl (C=O) groups excluding carboxylic acids is 1. The molecule has 4 nitrogen and oxygen atoms in total. The summed E-state index contributed by atoms with van der Waals surface area (Å²) in [5.74, 6) is 1.49. The minimum absolute atomic E-state index is 0.0111. The second kappa shape index (κ2) is 8.06. The number of carbonyl (C=O) groups is 1. The molecule has 0 radical (unpaired) electrons. The molecule has 4 rings (SSSR count). The van der Waals surface area contributed by atoms with Crippen molar-refractivity contribution in [1.82, 2.24) is 0 Å². The molecule has 1 saturated heterocycles. The molecule has 0 aromatic heterocycles. The van der Waals surface area contributed by atoms with Gasteiger partial charge in [-0.25, -0.2) is 0 Å². The van der Waals surface area contributed by atoms with Crippen LogP contribution in [-0.2, 0) is 4.74 Å². The number of ketones is 1. The van der Waals surface area contributed by atoms with E-state index in [2.05, 4.69) is 17.0 Å². The van der Waals surface area contributed by atoms with Crippen molar-refractivity contribution in [3.8, 4) is 11.5 Å². The Hall–Kier alpha value is -3.11. The highest BCUT2D eigenvalue weighted by Crippen LogP contribution is 2.25. The number of hydrogen-bond acceptors (Lipinski definition) is 4. The zero-order chi connectivity index (χ0) is 18.5. The van der Waals surface area contributed by atoms with E-state index in [1.807, 2.05) is 54.6 Å². The lowest BCUT2D eigenvalue weighted by Crippen LogP contribution is -2.36. The van der Waals surface area contributed by atoms with E-state index >= 15 is 0 Å². The Labute approximate surface area is 159 Å². The standard InChI is InChI=1S/C23H21NO3/c25-23(18-4-2-1-3-5-18)19-6-10-21(11-7-19)27-22-12-8-20(9-13-22)24-14-16-26-17-15-24/h1-13H,14-17H2. The molecule has 4 heteroatoms. The molecule has 1 heterocycles. The van der Waals surface area contributed by atoms with Crippen molar-refractivity contribution in [3.63, 3.8) is 0 Å². The first-order valence-electron chi connectivity index (χ1n) is 9.10. The lowest BCUT2D eigenvalue weighted by molar-refractivity contribution is 0.103. The summed E-state index contributed by atoms with van der Waals surface area (Å²) in [5.41, 5.74) is 2.51. The van der Waals surface area contributed by atoms with Gasteiger partial charge in [0, 0.05) is 29.9 Å². The minimum Gasteiger partial charge on any atom is -0.457 e. The van der Waals surface area contributed by atoms with Crippen LogP contribution in [0.4, 0.5) is 5.69 Å². The van der Waals surface area contributed by atoms with Crippen molar-refractivity contribution < 1.29 is 14.3 Å². The number of nitrogens with zero attached hydrogens (tertiary/aromatic N) is 1. The van der Waals surface area contributed by atoms with Gasteiger partial charge in [-0.2, -0.15) is 0 Å². The van der Waals surface area contributed by atoms with Gasteiger partial charge in [-0.15, -0.1) is 0 Å². The zero-order valence-electron chi connectivity index (χ0n) is 15.0. The van der Waals surface area contributed by atoms with Crippen molar-refractivity contribution in [3.05, 3.63) is 90.0 Å². The summed E-state index contributed by atoms with van der Waals surface area (Å²) >= 11 is 0. The highest BCUT2D eigenvalue weighted by atomic mass is 16.5. The smallest absolute Gasteiger partial charge is 0.193 e. The lowest BCUT2D eigenvalue weighted by atomic mass is 10.0. The van der Waals surface area contributed by atoms with Crippen LogP contribution in [0.25, 0.3) is 0 Å². The summed E-state index contributed by atoms with van der Waals surface area (Å²) in [6.07, 6.45) is 0. The zero-order valence-corrected chi connectivity index (χ0v) is 15.0. The molecule has 1 fully saturated rings. The average Bonchev–Trinajstić information content (AvgIpc) is 2.76. The Morgan fingerprint density at radius 3 is 1.93 bits per heavy atom. The molecule has 3 aromatic carbocycles. The highest BCUT2D eigenvalue weighted by molar-refractivity contribution is 6.08. The molecule has 0 amide bonds. The first-order valence-corrected chi connectivity index (χ1v) is 9.10. The Morgan fingerprint density at radius 2 is 1.30 bits per heavy atom. The molecular weight excluding hydrogens is 338 g/mol. The Bertz CT molecular complexity index is 883. The molecule has 27 heavy (non-hydrogen) atoms. The molecule has 0 aliphatic carbocycles. The van der Waals surface area contributed by atoms with E-state index in [0.29, 0.717) is 16.9 Å². The Kier molecular flexibility index (Phi) is 5.17. The van der Waals surface area contributed by atoms with Gasteiger partial charge in [0.1, 0.15) is 11.5 Å². The summed E-state index contributed by atoms with van der Waals surface area (Å²) in [6, 6.07) is 24.6. The van der Waals surface area contributed by atoms with Crippen molar-refractivity contribution in [1.29, 1.82) is 0 Å². The predicted molar refractivity (Wildman–Crippen MR) is 106 cm³/mol. The van der Waals surface area contributed by atoms with Gasteiger partial charge in [0.2, 0.25) is 0 Å². The van der Waals surface area contributed by atoms with Crippen molar-refractivity contribution in [2.75, 3.05) is 31.2 Å². The van der Waals surface area contributed by atoms with Gasteiger partial charge in [0.15, 0.2) is 5.78 Å². The molecule has 0 spiro atoms. The number of anilines is 1. The molecule has 1 aliphatic rings. The van der Waals surface area contributed by atoms with Gasteiger partial charge < -0.3 is 14.4 Å². The maximum Gasteiger partial charge on any atom is 0.193 e. The van der Waals surface area contributed by atoms with E-state index in [0.717, 1.165) is 32.1 Å². The first kappa shape index (κ1) is 17.3. The lowest BCUT2D eigenvalue weighted by Gasteiger charge is -2.28. The van der Waals surface area contributed by atoms with E-state index in [-0.39, 0.29) is 5.78 Å². The molecule has 1 aliphatic heterocycles. The fourth-order valence-corrected chi connectivity index (χ4v) is 3.11. The fraction of sp³-hybridized carbons (Fsp3) is 0.174. The van der Waals surface area contributed by atoms with Gasteiger partial charge in [-0.3, -0.25) is 4.79 Å². The van der Waals surface area contributed by atoms with Crippen LogP contribution in [-0.4, -0.2) is 32.1 Å². The van der Waals surface area contributed by atoms with Crippen LogP contribution in [0.5, 0.6) is 11.5 Å². The molecule has 0 atom stereocenters. The summed E-state index contributed by atoms with van der Waals surface area (Å²) in [4.78, 5) is 14.8. The normalized spacial score (nSPS) is 14.0. The van der Waals surface area contributed by atoms with Crippen molar-refractivity contribution in [2.24, 2.45) is 0 Å². The van der Waals surface area contributed by atoms with Crippen LogP contribution in [0.1, 0.15) is 15.9 Å². The minimum atomic E-state index is 0.0111. The number of rotatable bonds is 5. The summed E-state index contributed by atoms with van der Waals surface area (Å²) in [5, 5.41) is 0. The molecular formula is C23H21NO3. The SMILES string of the molecule is O=C(c1ccccc1)c1ccc(Oc2ccc(N3CCOCC3)cc2)cc1. The predicted octanol–water partition coefficient (Wildman–Crippen LogP) is 4.55. The van der Waals surface area contributed by atoms with Crippen LogP contribution in [0.3, 0.4) is 0 Å². The van der Waals surface area contributed by atoms with Crippen LogP contribution in [0.15, 0.2) is 78.9 Å². The van der Waals surface area contributed by atoms with Gasteiger partial charge in [-0.05, 0) is 48.5 Å². The van der Waals surface area contributed by atoms with E-state index in [9.17, 15) is 4.79 Å². The van der Waals surface area contributed by atoms with Gasteiger partial charge in [0.25, 0.3) is 0 Å². The quantitative estimate of drug-likeness (QED) is 0.627. The van der Waals surface area contributed by atoms with Gasteiger partial charge in [-0.1, -0.05) is 30.3 Å². The average molecular weight is 359 g/mol. The van der Waals surface area contributed by atoms with Crippen LogP contribution >= 0.6 is 0 Å². The molecule has 136 valence electrons. The summed E-state index contributed by atoms with van der Waals surface area (Å²) < 4.78 is 11.3. The van der Waals surface area contributed by atoms with E-state index in [1.54, 1.807) is 12.1 Å². The largest absolute Gasteiger partial charge is 0.457 e. The monoisotopic (exact) mass is 359 g/mol. The van der Waals surface area contributed by atoms with Gasteiger partial charge in [0.05, 0.1) is 13.2 Å². The molecule has 0 N–H and O–H groups in total. The topological polar surface area (TPSA) is 38.8 Å². The molecule has 0 bridgehead atoms. The van der Waals surface area contributed by atoms with E-state index in [1.165, 1.54) is 5.69 Å². The third-order valence-electron chi connectivity index (χ3n) is 4.60. The fourth-order valence-electron chi connectivity index (χ4n) is 3.11. The molecule has 0 unspecified atom stereocenters. The number of benzene rings is 3. The van der Waals surface area contributed by atoms with Crippen LogP contribution in [0.2, 0.25) is 0 Å². The van der Waals surface area contributed by atoms with E-state index < -0.39 is 0 Å². The summed E-state index contributed by atoms with van der Waals surface area (Å²) in [7, 11) is 0. The molecule has 0 saturated carbocycles. The van der Waals surface area contributed by atoms with Gasteiger partial charge >= 0.3 is 0 Å². The highest BCUT2D eigenvalue weighted by Gasteiger charge is 2.11. The third-order valence-corrected chi connectivity index (χ3v) is 4.60. The van der Waals surface area contributed by atoms with Crippen LogP contribution < -0.4 is 9.64 Å². The maximum absolute atomic E-state index is 12.4. The maximum atomic E-state index is 12.4. The van der Waals surface area contributed by atoms with Crippen LogP contribution in [0, 0.1) is 0 Å². The summed E-state index contributed by atoms with van der Waals surface area (Å²) in [6.45, 7) is 3.37. The second-order valence-electron chi connectivity index (χ2n) is 6.41. The Morgan fingerprint density at radius 1 is 0.741 bits per heavy atom. The Balaban J connectivity index is 1.41. The van der Waals surface area contributed by atoms with E-state index in [4.69, 9.17) is 9.47 Å².